The van der Waals surface area contributed by atoms with E-state index in [2.05, 4.69) is 148 Å². The Balaban J connectivity index is 1.18. The summed E-state index contributed by atoms with van der Waals surface area (Å²) in [6, 6.07) is 39.6. The summed E-state index contributed by atoms with van der Waals surface area (Å²) in [6.45, 7) is 16.4. The molecular formula is C74H100N2. The van der Waals surface area contributed by atoms with Gasteiger partial charge in [0.2, 0.25) is 0 Å². The summed E-state index contributed by atoms with van der Waals surface area (Å²) >= 11 is 0. The molecule has 0 spiro atoms. The molecule has 9 rings (SSSR count). The summed E-state index contributed by atoms with van der Waals surface area (Å²) in [7, 11) is 0. The molecule has 2 aromatic heterocycles. The number of aromatic nitrogens is 2. The smallest absolute Gasteiger partial charge is 0.0498 e. The lowest BCUT2D eigenvalue weighted by Gasteiger charge is -2.19. The van der Waals surface area contributed by atoms with Crippen molar-refractivity contribution in [1.82, 2.24) is 9.13 Å². The Hall–Kier alpha value is -4.82. The first kappa shape index (κ1) is 55.9. The van der Waals surface area contributed by atoms with Crippen molar-refractivity contribution in [2.24, 2.45) is 11.8 Å². The molecule has 0 saturated carbocycles. The highest BCUT2D eigenvalue weighted by molar-refractivity contribution is 6.30. The van der Waals surface area contributed by atoms with Gasteiger partial charge in [0.1, 0.15) is 0 Å². The van der Waals surface area contributed by atoms with Gasteiger partial charge in [-0.1, -0.05) is 256 Å². The summed E-state index contributed by atoms with van der Waals surface area (Å²) in [6.07, 6.45) is 39.7. The van der Waals surface area contributed by atoms with Crippen molar-refractivity contribution in [2.45, 2.75) is 247 Å². The summed E-state index contributed by atoms with van der Waals surface area (Å²) < 4.78 is 5.44. The molecule has 0 fully saturated rings. The van der Waals surface area contributed by atoms with Crippen LogP contribution < -0.4 is 0 Å². The largest absolute Gasteiger partial charge is 0.340 e. The number of rotatable bonds is 34. The second-order valence-corrected chi connectivity index (χ2v) is 24.1. The molecule has 0 amide bonds. The predicted octanol–water partition coefficient (Wildman–Crippen LogP) is 23.9. The van der Waals surface area contributed by atoms with Crippen LogP contribution in [0.15, 0.2) is 97.1 Å². The number of aryl methyl sites for hydroxylation is 2. The first-order valence-corrected chi connectivity index (χ1v) is 32.2. The van der Waals surface area contributed by atoms with E-state index in [1.807, 2.05) is 0 Å². The molecule has 406 valence electrons. The minimum absolute atomic E-state index is 0.685. The molecule has 2 unspecified atom stereocenters. The molecule has 0 aliphatic carbocycles. The van der Waals surface area contributed by atoms with Crippen molar-refractivity contribution in [3.05, 3.63) is 108 Å². The lowest BCUT2D eigenvalue weighted by Crippen LogP contribution is -2.10. The maximum absolute atomic E-state index is 2.72. The van der Waals surface area contributed by atoms with Crippen LogP contribution in [0, 0.1) is 11.8 Å². The van der Waals surface area contributed by atoms with Gasteiger partial charge >= 0.3 is 0 Å². The number of unbranched alkanes of at least 4 members (excludes halogenated alkanes) is 20. The molecule has 76 heavy (non-hydrogen) atoms. The molecule has 0 N–H and O–H groups in total. The zero-order valence-corrected chi connectivity index (χ0v) is 48.9. The summed E-state index contributed by atoms with van der Waals surface area (Å²) in [4.78, 5) is 0. The van der Waals surface area contributed by atoms with E-state index >= 15 is 0 Å². The van der Waals surface area contributed by atoms with E-state index in [-0.39, 0.29) is 0 Å². The third-order valence-electron chi connectivity index (χ3n) is 18.5. The molecule has 0 bridgehead atoms. The predicted molar refractivity (Wildman–Crippen MR) is 340 cm³/mol. The van der Waals surface area contributed by atoms with Gasteiger partial charge in [-0.05, 0) is 141 Å². The monoisotopic (exact) mass is 1020 g/mol. The molecule has 0 aliphatic heterocycles. The van der Waals surface area contributed by atoms with Crippen molar-refractivity contribution >= 4 is 86.7 Å². The fourth-order valence-corrected chi connectivity index (χ4v) is 14.0. The van der Waals surface area contributed by atoms with Crippen LogP contribution in [-0.4, -0.2) is 9.13 Å². The van der Waals surface area contributed by atoms with Gasteiger partial charge < -0.3 is 9.13 Å². The van der Waals surface area contributed by atoms with Crippen LogP contribution in [0.5, 0.6) is 0 Å². The van der Waals surface area contributed by atoms with Gasteiger partial charge in [-0.2, -0.15) is 0 Å². The molecule has 2 heterocycles. The number of nitrogens with zero attached hydrogens (tertiary/aromatic N) is 2. The Morgan fingerprint density at radius 1 is 0.303 bits per heavy atom. The minimum atomic E-state index is 0.685. The number of hydrogen-bond acceptors (Lipinski definition) is 0. The average Bonchev–Trinajstić information content (AvgIpc) is 4.02. The minimum Gasteiger partial charge on any atom is -0.340 e. The summed E-state index contributed by atoms with van der Waals surface area (Å²) in [5, 5.41) is 17.4. The van der Waals surface area contributed by atoms with Gasteiger partial charge in [-0.25, -0.2) is 0 Å². The van der Waals surface area contributed by atoms with E-state index < -0.39 is 0 Å². The summed E-state index contributed by atoms with van der Waals surface area (Å²) in [5.41, 5.74) is 8.77. The van der Waals surface area contributed by atoms with Crippen molar-refractivity contribution in [2.75, 3.05) is 0 Å². The normalized spacial score (nSPS) is 13.1. The Bertz CT molecular complexity index is 3050. The molecule has 0 aliphatic rings. The maximum Gasteiger partial charge on any atom is 0.0498 e. The Morgan fingerprint density at radius 2 is 0.658 bits per heavy atom. The topological polar surface area (TPSA) is 9.86 Å². The van der Waals surface area contributed by atoms with E-state index in [4.69, 9.17) is 0 Å². The first-order chi connectivity index (χ1) is 37.5. The van der Waals surface area contributed by atoms with Crippen LogP contribution >= 0.6 is 0 Å². The van der Waals surface area contributed by atoms with Gasteiger partial charge in [0.15, 0.2) is 0 Å². The van der Waals surface area contributed by atoms with Crippen LogP contribution in [0.2, 0.25) is 0 Å². The Labute approximate surface area is 460 Å². The highest BCUT2D eigenvalue weighted by Crippen LogP contribution is 2.45. The highest BCUT2D eigenvalue weighted by Gasteiger charge is 2.23. The SMILES string of the molecule is CCCCCCCCCCCCc1cc2cc3c(cc(CCCCCCCCCCCC)c4c3ccc3c4c4ccccc4n3CC(CC)CCCC)cc2c2ccc3c(c4ccccc4n3CC(CC)CCCC)c12. The summed E-state index contributed by atoms with van der Waals surface area (Å²) in [5.74, 6) is 1.37. The number of benzene rings is 7. The fourth-order valence-electron chi connectivity index (χ4n) is 14.0. The van der Waals surface area contributed by atoms with E-state index in [9.17, 15) is 0 Å². The average molecular weight is 1020 g/mol. The van der Waals surface area contributed by atoms with Crippen LogP contribution in [0.25, 0.3) is 86.7 Å². The van der Waals surface area contributed by atoms with E-state index in [1.165, 1.54) is 266 Å². The van der Waals surface area contributed by atoms with Gasteiger partial charge in [0, 0.05) is 56.7 Å². The molecule has 7 aromatic carbocycles. The van der Waals surface area contributed by atoms with Crippen LogP contribution in [0.1, 0.15) is 232 Å². The second-order valence-electron chi connectivity index (χ2n) is 24.1. The van der Waals surface area contributed by atoms with Crippen LogP contribution in [-0.2, 0) is 25.9 Å². The zero-order chi connectivity index (χ0) is 52.6. The maximum atomic E-state index is 2.72. The molecular weight excluding hydrogens is 917 g/mol. The standard InChI is InChI=1S/C74H100N2/c1-7-13-17-19-21-23-25-27-29-31-39-57-49-59-51-66-60(52-65(59)61-45-47-69-73(71(57)61)63-41-33-35-43-67(63)75(69)53-55(11-5)37-15-9-3)50-58(40-32-30-28-26-24-22-20-18-14-8-2)72-62(66)46-48-70-74(72)64-42-34-36-44-68(64)76(70)54-56(12-6)38-16-10-4/h33-36,41-52,55-56H,7-32,37-40,53-54H2,1-6H3. The van der Waals surface area contributed by atoms with E-state index in [0.29, 0.717) is 11.8 Å². The van der Waals surface area contributed by atoms with Gasteiger partial charge in [0.25, 0.3) is 0 Å². The lowest BCUT2D eigenvalue weighted by molar-refractivity contribution is 0.401. The number of hydrogen-bond donors (Lipinski definition) is 0. The number of para-hydroxylation sites is 2. The molecule has 0 saturated heterocycles. The molecule has 2 atom stereocenters. The fraction of sp³-hybridized carbons (Fsp3) is 0.541. The Morgan fingerprint density at radius 3 is 1.03 bits per heavy atom. The van der Waals surface area contributed by atoms with Crippen molar-refractivity contribution < 1.29 is 0 Å². The molecule has 9 aromatic rings. The van der Waals surface area contributed by atoms with Crippen LogP contribution in [0.3, 0.4) is 0 Å². The van der Waals surface area contributed by atoms with E-state index in [1.54, 1.807) is 11.1 Å². The van der Waals surface area contributed by atoms with Gasteiger partial charge in [-0.3, -0.25) is 0 Å². The lowest BCUT2D eigenvalue weighted by atomic mass is 9.87. The van der Waals surface area contributed by atoms with Gasteiger partial charge in [0.05, 0.1) is 0 Å². The second kappa shape index (κ2) is 28.2. The molecule has 2 nitrogen and oxygen atoms in total. The highest BCUT2D eigenvalue weighted by atomic mass is 15.0. The number of fused-ring (bicyclic) bond motifs is 14. The van der Waals surface area contributed by atoms with Crippen molar-refractivity contribution in [3.8, 4) is 0 Å². The molecule has 0 radical (unpaired) electrons. The van der Waals surface area contributed by atoms with Crippen molar-refractivity contribution in [1.29, 1.82) is 0 Å². The quantitative estimate of drug-likeness (QED) is 0.0216. The van der Waals surface area contributed by atoms with Gasteiger partial charge in [-0.15, -0.1) is 0 Å². The van der Waals surface area contributed by atoms with Crippen molar-refractivity contribution in [3.63, 3.8) is 0 Å². The third kappa shape index (κ3) is 12.7. The first-order valence-electron chi connectivity index (χ1n) is 32.2. The van der Waals surface area contributed by atoms with E-state index in [0.717, 1.165) is 25.9 Å². The molecule has 2 heteroatoms. The zero-order valence-electron chi connectivity index (χ0n) is 48.9. The van der Waals surface area contributed by atoms with Crippen LogP contribution in [0.4, 0.5) is 0 Å². The third-order valence-corrected chi connectivity index (χ3v) is 18.5. The Kier molecular flexibility index (Phi) is 20.7.